The molecule has 124 valence electrons. The number of likely N-dealkylation sites (tertiary alicyclic amines) is 1. The largest absolute Gasteiger partial charge is 0.367 e. The molecule has 0 bridgehead atoms. The molecule has 0 spiro atoms. The SMILES string of the molecule is CCc1cn[nH]c1C1CCCN(C(=O)CCc2nc(N)n[nH]2)C1. The van der Waals surface area contributed by atoms with Crippen molar-refractivity contribution in [3.63, 3.8) is 0 Å². The van der Waals surface area contributed by atoms with Gasteiger partial charge in [-0.05, 0) is 24.8 Å². The fourth-order valence-electron chi connectivity index (χ4n) is 3.20. The van der Waals surface area contributed by atoms with Crippen molar-refractivity contribution in [2.45, 2.75) is 44.9 Å². The number of aryl methyl sites for hydroxylation is 2. The smallest absolute Gasteiger partial charge is 0.239 e. The Hall–Kier alpha value is -2.38. The summed E-state index contributed by atoms with van der Waals surface area (Å²) in [5, 5.41) is 13.8. The predicted molar refractivity (Wildman–Crippen MR) is 85.6 cm³/mol. The summed E-state index contributed by atoms with van der Waals surface area (Å²) in [7, 11) is 0. The Morgan fingerprint density at radius 2 is 2.35 bits per heavy atom. The number of aromatic nitrogens is 5. The normalized spacial score (nSPS) is 18.3. The van der Waals surface area contributed by atoms with Gasteiger partial charge in [-0.25, -0.2) is 0 Å². The second-order valence-electron chi connectivity index (χ2n) is 5.98. The molecule has 1 aliphatic rings. The number of hydrogen-bond donors (Lipinski definition) is 3. The van der Waals surface area contributed by atoms with E-state index in [0.29, 0.717) is 24.6 Å². The summed E-state index contributed by atoms with van der Waals surface area (Å²) in [5.41, 5.74) is 7.91. The van der Waals surface area contributed by atoms with Gasteiger partial charge in [0.2, 0.25) is 11.9 Å². The Kier molecular flexibility index (Phi) is 4.59. The molecule has 1 amide bonds. The van der Waals surface area contributed by atoms with Crippen LogP contribution in [0, 0.1) is 0 Å². The molecule has 2 aromatic heterocycles. The Morgan fingerprint density at radius 3 is 3.09 bits per heavy atom. The Morgan fingerprint density at radius 1 is 1.48 bits per heavy atom. The molecule has 0 radical (unpaired) electrons. The van der Waals surface area contributed by atoms with Crippen molar-refractivity contribution in [2.24, 2.45) is 0 Å². The summed E-state index contributed by atoms with van der Waals surface area (Å²) in [5.74, 6) is 1.39. The molecule has 23 heavy (non-hydrogen) atoms. The summed E-state index contributed by atoms with van der Waals surface area (Å²) in [4.78, 5) is 18.4. The average Bonchev–Trinajstić information content (AvgIpc) is 3.21. The summed E-state index contributed by atoms with van der Waals surface area (Å²) in [6, 6.07) is 0. The average molecular weight is 317 g/mol. The monoisotopic (exact) mass is 317 g/mol. The van der Waals surface area contributed by atoms with Gasteiger partial charge in [-0.2, -0.15) is 10.1 Å². The highest BCUT2D eigenvalue weighted by atomic mass is 16.2. The molecule has 0 aromatic carbocycles. The van der Waals surface area contributed by atoms with Gasteiger partial charge in [-0.3, -0.25) is 15.0 Å². The van der Waals surface area contributed by atoms with Crippen LogP contribution in [0.15, 0.2) is 6.20 Å². The summed E-state index contributed by atoms with van der Waals surface area (Å²) < 4.78 is 0. The van der Waals surface area contributed by atoms with E-state index in [-0.39, 0.29) is 11.9 Å². The van der Waals surface area contributed by atoms with Gasteiger partial charge in [0.25, 0.3) is 0 Å². The molecule has 0 saturated carbocycles. The molecule has 1 aliphatic heterocycles. The zero-order valence-corrected chi connectivity index (χ0v) is 13.4. The Bertz CT molecular complexity index is 662. The number of H-pyrrole nitrogens is 2. The first kappa shape index (κ1) is 15.5. The first-order valence-electron chi connectivity index (χ1n) is 8.14. The van der Waals surface area contributed by atoms with Crippen LogP contribution >= 0.6 is 0 Å². The molecule has 8 nitrogen and oxygen atoms in total. The lowest BCUT2D eigenvalue weighted by atomic mass is 9.92. The van der Waals surface area contributed by atoms with Crippen LogP contribution in [0.1, 0.15) is 49.2 Å². The molecule has 2 aromatic rings. The molecule has 1 unspecified atom stereocenters. The molecule has 1 saturated heterocycles. The minimum Gasteiger partial charge on any atom is -0.367 e. The van der Waals surface area contributed by atoms with Crippen LogP contribution in [0.25, 0.3) is 0 Å². The van der Waals surface area contributed by atoms with Crippen LogP contribution in [-0.4, -0.2) is 49.3 Å². The minimum absolute atomic E-state index is 0.155. The zero-order chi connectivity index (χ0) is 16.2. The molecular weight excluding hydrogens is 294 g/mol. The van der Waals surface area contributed by atoms with E-state index in [1.54, 1.807) is 0 Å². The van der Waals surface area contributed by atoms with Crippen molar-refractivity contribution in [3.05, 3.63) is 23.3 Å². The third-order valence-electron chi connectivity index (χ3n) is 4.44. The lowest BCUT2D eigenvalue weighted by Crippen LogP contribution is -2.39. The van der Waals surface area contributed by atoms with Gasteiger partial charge < -0.3 is 10.6 Å². The summed E-state index contributed by atoms with van der Waals surface area (Å²) in [6.07, 6.45) is 5.93. The number of nitrogens with zero attached hydrogens (tertiary/aromatic N) is 4. The number of rotatable bonds is 5. The van der Waals surface area contributed by atoms with Gasteiger partial charge in [-0.15, -0.1) is 5.10 Å². The number of amides is 1. The number of nitrogens with two attached hydrogens (primary N) is 1. The molecule has 8 heteroatoms. The van der Waals surface area contributed by atoms with Crippen molar-refractivity contribution < 1.29 is 4.79 Å². The molecule has 1 fully saturated rings. The molecule has 3 rings (SSSR count). The first-order chi connectivity index (χ1) is 11.2. The quantitative estimate of drug-likeness (QED) is 0.761. The molecule has 1 atom stereocenters. The van der Waals surface area contributed by atoms with Crippen molar-refractivity contribution in [3.8, 4) is 0 Å². The first-order valence-corrected chi connectivity index (χ1v) is 8.14. The zero-order valence-electron chi connectivity index (χ0n) is 13.4. The van der Waals surface area contributed by atoms with Crippen LogP contribution in [0.3, 0.4) is 0 Å². The highest BCUT2D eigenvalue weighted by Crippen LogP contribution is 2.28. The van der Waals surface area contributed by atoms with Crippen LogP contribution in [-0.2, 0) is 17.6 Å². The van der Waals surface area contributed by atoms with E-state index < -0.39 is 0 Å². The third kappa shape index (κ3) is 3.52. The van der Waals surface area contributed by atoms with E-state index >= 15 is 0 Å². The van der Waals surface area contributed by atoms with E-state index in [1.165, 1.54) is 11.3 Å². The van der Waals surface area contributed by atoms with E-state index in [1.807, 2.05) is 11.1 Å². The third-order valence-corrected chi connectivity index (χ3v) is 4.44. The lowest BCUT2D eigenvalue weighted by molar-refractivity contribution is -0.132. The van der Waals surface area contributed by atoms with Gasteiger partial charge in [0.1, 0.15) is 5.82 Å². The van der Waals surface area contributed by atoms with Gasteiger partial charge in [0.05, 0.1) is 6.20 Å². The number of aromatic amines is 2. The van der Waals surface area contributed by atoms with Crippen molar-refractivity contribution in [1.82, 2.24) is 30.3 Å². The fourth-order valence-corrected chi connectivity index (χ4v) is 3.20. The number of nitrogen functional groups attached to an aromatic ring is 1. The van der Waals surface area contributed by atoms with Gasteiger partial charge >= 0.3 is 0 Å². The molecule has 4 N–H and O–H groups in total. The molecular formula is C15H23N7O. The second-order valence-corrected chi connectivity index (χ2v) is 5.98. The maximum Gasteiger partial charge on any atom is 0.239 e. The Balaban J connectivity index is 1.58. The topological polar surface area (TPSA) is 117 Å². The number of nitrogens with one attached hydrogen (secondary N) is 2. The summed E-state index contributed by atoms with van der Waals surface area (Å²) in [6.45, 7) is 3.71. The molecule has 3 heterocycles. The van der Waals surface area contributed by atoms with Gasteiger partial charge in [0, 0.05) is 37.5 Å². The highest BCUT2D eigenvalue weighted by Gasteiger charge is 2.26. The second kappa shape index (κ2) is 6.80. The van der Waals surface area contributed by atoms with Crippen molar-refractivity contribution in [2.75, 3.05) is 18.8 Å². The van der Waals surface area contributed by atoms with Crippen LogP contribution in [0.4, 0.5) is 5.95 Å². The predicted octanol–water partition coefficient (Wildman–Crippen LogP) is 1.01. The van der Waals surface area contributed by atoms with Crippen LogP contribution in [0.5, 0.6) is 0 Å². The number of piperidine rings is 1. The number of carbonyl (C=O) groups excluding carboxylic acids is 1. The maximum absolute atomic E-state index is 12.5. The van der Waals surface area contributed by atoms with E-state index in [4.69, 9.17) is 5.73 Å². The lowest BCUT2D eigenvalue weighted by Gasteiger charge is -2.32. The fraction of sp³-hybridized carbons (Fsp3) is 0.600. The number of hydrogen-bond acceptors (Lipinski definition) is 5. The number of carbonyl (C=O) groups is 1. The van der Waals surface area contributed by atoms with Crippen molar-refractivity contribution >= 4 is 11.9 Å². The van der Waals surface area contributed by atoms with Crippen LogP contribution in [0.2, 0.25) is 0 Å². The minimum atomic E-state index is 0.155. The van der Waals surface area contributed by atoms with Crippen LogP contribution < -0.4 is 5.73 Å². The maximum atomic E-state index is 12.5. The highest BCUT2D eigenvalue weighted by molar-refractivity contribution is 5.76. The van der Waals surface area contributed by atoms with E-state index in [0.717, 1.165) is 32.4 Å². The standard InChI is InChI=1S/C15H23N7O/c1-2-10-8-17-20-14(10)11-4-3-7-22(9-11)13(23)6-5-12-18-15(16)21-19-12/h8,11H,2-7,9H2,1H3,(H,17,20)(H3,16,18,19,21). The van der Waals surface area contributed by atoms with Crippen molar-refractivity contribution in [1.29, 1.82) is 0 Å². The number of anilines is 1. The summed E-state index contributed by atoms with van der Waals surface area (Å²) >= 11 is 0. The van der Waals surface area contributed by atoms with Gasteiger partial charge in [-0.1, -0.05) is 6.92 Å². The van der Waals surface area contributed by atoms with E-state index in [2.05, 4.69) is 32.3 Å². The van der Waals surface area contributed by atoms with Gasteiger partial charge in [0.15, 0.2) is 0 Å². The molecule has 0 aliphatic carbocycles. The van der Waals surface area contributed by atoms with E-state index in [9.17, 15) is 4.79 Å². The Labute approximate surface area is 134 Å².